The van der Waals surface area contributed by atoms with Crippen molar-refractivity contribution in [2.24, 2.45) is 0 Å². The molecule has 0 unspecified atom stereocenters. The lowest BCUT2D eigenvalue weighted by atomic mass is 10.0. The number of rotatable bonds is 3. The zero-order valence-corrected chi connectivity index (χ0v) is 13.8. The third-order valence-corrected chi connectivity index (χ3v) is 3.21. The first kappa shape index (κ1) is 16.1. The Morgan fingerprint density at radius 2 is 1.86 bits per heavy atom. The van der Waals surface area contributed by atoms with E-state index < -0.39 is 11.7 Å². The lowest BCUT2D eigenvalue weighted by molar-refractivity contribution is 0.0523. The molecule has 0 saturated carbocycles. The average molecular weight is 301 g/mol. The standard InChI is InChI=1S/C17H23N3O2/c1-11-15(12(2)20-19-11)14-8-6-13(7-9-14)10-18-16(21)22-17(3,4)5/h6-9H,10H2,1-5H3,(H,18,21)(H,19,20). The van der Waals surface area contributed by atoms with Gasteiger partial charge < -0.3 is 10.1 Å². The first-order valence-electron chi connectivity index (χ1n) is 7.34. The number of ether oxygens (including phenoxy) is 1. The quantitative estimate of drug-likeness (QED) is 0.908. The van der Waals surface area contributed by atoms with Crippen LogP contribution in [0.25, 0.3) is 11.1 Å². The van der Waals surface area contributed by atoms with Crippen molar-refractivity contribution in [1.82, 2.24) is 15.5 Å². The third-order valence-electron chi connectivity index (χ3n) is 3.21. The Kier molecular flexibility index (Phi) is 4.54. The first-order valence-corrected chi connectivity index (χ1v) is 7.34. The fraction of sp³-hybridized carbons (Fsp3) is 0.412. The van der Waals surface area contributed by atoms with Crippen molar-refractivity contribution < 1.29 is 9.53 Å². The maximum Gasteiger partial charge on any atom is 0.407 e. The van der Waals surface area contributed by atoms with Gasteiger partial charge in [-0.1, -0.05) is 24.3 Å². The number of alkyl carbamates (subject to hydrolysis) is 1. The minimum absolute atomic E-state index is 0.405. The van der Waals surface area contributed by atoms with Crippen molar-refractivity contribution in [3.63, 3.8) is 0 Å². The van der Waals surface area contributed by atoms with Crippen LogP contribution in [0.15, 0.2) is 24.3 Å². The molecule has 2 rings (SSSR count). The molecule has 0 aliphatic heterocycles. The summed E-state index contributed by atoms with van der Waals surface area (Å²) < 4.78 is 5.21. The summed E-state index contributed by atoms with van der Waals surface area (Å²) in [6, 6.07) is 8.07. The molecule has 2 aromatic rings. The molecule has 0 spiro atoms. The smallest absolute Gasteiger partial charge is 0.407 e. The number of amides is 1. The monoisotopic (exact) mass is 301 g/mol. The number of hydrogen-bond donors (Lipinski definition) is 2. The summed E-state index contributed by atoms with van der Waals surface area (Å²) in [7, 11) is 0. The topological polar surface area (TPSA) is 67.0 Å². The Labute approximate surface area is 131 Å². The normalized spacial score (nSPS) is 11.3. The second kappa shape index (κ2) is 6.22. The lowest BCUT2D eigenvalue weighted by Crippen LogP contribution is -2.32. The number of benzene rings is 1. The maximum atomic E-state index is 11.6. The number of carbonyl (C=O) groups excluding carboxylic acids is 1. The summed E-state index contributed by atoms with van der Waals surface area (Å²) in [5.74, 6) is 0. The minimum Gasteiger partial charge on any atom is -0.444 e. The predicted molar refractivity (Wildman–Crippen MR) is 86.6 cm³/mol. The van der Waals surface area contributed by atoms with E-state index in [-0.39, 0.29) is 0 Å². The molecule has 0 aliphatic carbocycles. The molecule has 0 bridgehead atoms. The van der Waals surface area contributed by atoms with Gasteiger partial charge in [-0.05, 0) is 45.7 Å². The number of nitrogens with one attached hydrogen (secondary N) is 2. The molecule has 2 N–H and O–H groups in total. The first-order chi connectivity index (χ1) is 10.3. The van der Waals surface area contributed by atoms with Crippen molar-refractivity contribution in [3.8, 4) is 11.1 Å². The van der Waals surface area contributed by atoms with Crippen molar-refractivity contribution in [2.75, 3.05) is 0 Å². The van der Waals surface area contributed by atoms with Crippen molar-refractivity contribution in [1.29, 1.82) is 0 Å². The van der Waals surface area contributed by atoms with Gasteiger partial charge in [0.15, 0.2) is 0 Å². The molecule has 0 saturated heterocycles. The highest BCUT2D eigenvalue weighted by atomic mass is 16.6. The van der Waals surface area contributed by atoms with Crippen molar-refractivity contribution in [2.45, 2.75) is 46.8 Å². The van der Waals surface area contributed by atoms with Gasteiger partial charge in [-0.25, -0.2) is 4.79 Å². The number of H-pyrrole nitrogens is 1. The zero-order valence-electron chi connectivity index (χ0n) is 13.8. The predicted octanol–water partition coefficient (Wildman–Crippen LogP) is 3.72. The maximum absolute atomic E-state index is 11.6. The minimum atomic E-state index is -0.482. The molecule has 0 aliphatic rings. The molecule has 22 heavy (non-hydrogen) atoms. The van der Waals surface area contributed by atoms with Gasteiger partial charge in [0.1, 0.15) is 5.60 Å². The Bertz CT molecular complexity index is 632. The van der Waals surface area contributed by atoms with Crippen LogP contribution >= 0.6 is 0 Å². The van der Waals surface area contributed by atoms with Crippen molar-refractivity contribution >= 4 is 6.09 Å². The molecule has 1 aromatic carbocycles. The van der Waals surface area contributed by atoms with Crippen LogP contribution in [0.1, 0.15) is 37.7 Å². The van der Waals surface area contributed by atoms with E-state index in [1.807, 2.05) is 58.9 Å². The van der Waals surface area contributed by atoms with Gasteiger partial charge >= 0.3 is 6.09 Å². The van der Waals surface area contributed by atoms with Crippen LogP contribution in [-0.2, 0) is 11.3 Å². The molecule has 0 atom stereocenters. The fourth-order valence-electron chi connectivity index (χ4n) is 2.25. The van der Waals surface area contributed by atoms with Crippen LogP contribution < -0.4 is 5.32 Å². The summed E-state index contributed by atoms with van der Waals surface area (Å²) in [6.45, 7) is 9.97. The molecule has 118 valence electrons. The van der Waals surface area contributed by atoms with E-state index in [9.17, 15) is 4.79 Å². The average Bonchev–Trinajstić information content (AvgIpc) is 2.75. The molecule has 5 heteroatoms. The van der Waals surface area contributed by atoms with Gasteiger partial charge in [-0.15, -0.1) is 0 Å². The molecule has 1 heterocycles. The molecule has 1 aromatic heterocycles. The summed E-state index contributed by atoms with van der Waals surface area (Å²) >= 11 is 0. The largest absolute Gasteiger partial charge is 0.444 e. The Morgan fingerprint density at radius 1 is 1.23 bits per heavy atom. The second-order valence-corrected chi connectivity index (χ2v) is 6.36. The molecule has 0 radical (unpaired) electrons. The van der Waals surface area contributed by atoms with Crippen molar-refractivity contribution in [3.05, 3.63) is 41.2 Å². The lowest BCUT2D eigenvalue weighted by Gasteiger charge is -2.19. The van der Waals surface area contributed by atoms with E-state index in [1.54, 1.807) is 0 Å². The number of carbonyl (C=O) groups is 1. The van der Waals surface area contributed by atoms with Crippen LogP contribution in [-0.4, -0.2) is 21.9 Å². The Balaban J connectivity index is 2.00. The van der Waals surface area contributed by atoms with E-state index >= 15 is 0 Å². The van der Waals surface area contributed by atoms with Crippen LogP contribution in [0.4, 0.5) is 4.79 Å². The van der Waals surface area contributed by atoms with E-state index in [1.165, 1.54) is 0 Å². The van der Waals surface area contributed by atoms with E-state index in [0.717, 1.165) is 28.1 Å². The summed E-state index contributed by atoms with van der Waals surface area (Å²) in [6.07, 6.45) is -0.405. The van der Waals surface area contributed by atoms with E-state index in [2.05, 4.69) is 15.5 Å². The summed E-state index contributed by atoms with van der Waals surface area (Å²) in [5, 5.41) is 9.95. The Hall–Kier alpha value is -2.30. The number of aryl methyl sites for hydroxylation is 2. The number of hydrogen-bond acceptors (Lipinski definition) is 3. The third kappa shape index (κ3) is 4.10. The molecule has 1 amide bonds. The van der Waals surface area contributed by atoms with Gasteiger partial charge in [0.25, 0.3) is 0 Å². The Morgan fingerprint density at radius 3 is 2.36 bits per heavy atom. The van der Waals surface area contributed by atoms with E-state index in [4.69, 9.17) is 4.74 Å². The van der Waals surface area contributed by atoms with Gasteiger partial charge in [0, 0.05) is 17.8 Å². The number of aromatic nitrogens is 2. The van der Waals surface area contributed by atoms with Crippen LogP contribution in [0.3, 0.4) is 0 Å². The number of aromatic amines is 1. The molecular formula is C17H23N3O2. The van der Waals surface area contributed by atoms with Crippen LogP contribution in [0.2, 0.25) is 0 Å². The van der Waals surface area contributed by atoms with Gasteiger partial charge in [0.2, 0.25) is 0 Å². The van der Waals surface area contributed by atoms with Gasteiger partial charge in [0.05, 0.1) is 5.69 Å². The number of nitrogens with zero attached hydrogens (tertiary/aromatic N) is 1. The fourth-order valence-corrected chi connectivity index (χ4v) is 2.25. The zero-order chi connectivity index (χ0) is 16.3. The van der Waals surface area contributed by atoms with Gasteiger partial charge in [-0.2, -0.15) is 5.10 Å². The van der Waals surface area contributed by atoms with Crippen LogP contribution in [0, 0.1) is 13.8 Å². The highest BCUT2D eigenvalue weighted by Gasteiger charge is 2.15. The highest BCUT2D eigenvalue weighted by molar-refractivity contribution is 5.69. The van der Waals surface area contributed by atoms with E-state index in [0.29, 0.717) is 6.54 Å². The highest BCUT2D eigenvalue weighted by Crippen LogP contribution is 2.25. The molecular weight excluding hydrogens is 278 g/mol. The summed E-state index contributed by atoms with van der Waals surface area (Å²) in [4.78, 5) is 11.6. The second-order valence-electron chi connectivity index (χ2n) is 6.36. The van der Waals surface area contributed by atoms with Gasteiger partial charge in [-0.3, -0.25) is 5.10 Å². The SMILES string of the molecule is Cc1n[nH]c(C)c1-c1ccc(CNC(=O)OC(C)(C)C)cc1. The molecule has 5 nitrogen and oxygen atoms in total. The summed E-state index contributed by atoms with van der Waals surface area (Å²) in [5.41, 5.74) is 4.82. The molecule has 0 fully saturated rings. The van der Waals surface area contributed by atoms with Crippen LogP contribution in [0.5, 0.6) is 0 Å².